The van der Waals surface area contributed by atoms with Crippen molar-refractivity contribution in [3.63, 3.8) is 0 Å². The smallest absolute Gasteiger partial charge is 0.387 e. The third-order valence-electron chi connectivity index (χ3n) is 2.75. The molecule has 0 amide bonds. The molecule has 110 valence electrons. The molecule has 0 aliphatic carbocycles. The van der Waals surface area contributed by atoms with Crippen molar-refractivity contribution in [1.29, 1.82) is 0 Å². The summed E-state index contributed by atoms with van der Waals surface area (Å²) in [6, 6.07) is 5.70. The fourth-order valence-electron chi connectivity index (χ4n) is 1.73. The summed E-state index contributed by atoms with van der Waals surface area (Å²) in [5.41, 5.74) is 1.08. The normalized spacial score (nSPS) is 11.2. The van der Waals surface area contributed by atoms with E-state index in [1.807, 2.05) is 6.92 Å². The Balaban J connectivity index is 2.09. The molecule has 4 nitrogen and oxygen atoms in total. The van der Waals surface area contributed by atoms with Crippen molar-refractivity contribution >= 4 is 11.9 Å². The van der Waals surface area contributed by atoms with E-state index in [0.29, 0.717) is 0 Å². The summed E-state index contributed by atoms with van der Waals surface area (Å²) in [5.74, 6) is -0.331. The van der Waals surface area contributed by atoms with Gasteiger partial charge in [0.05, 0.1) is 6.20 Å². The molecule has 0 N–H and O–H groups in total. The molecule has 0 aliphatic rings. The predicted octanol–water partition coefficient (Wildman–Crippen LogP) is 3.40. The van der Waals surface area contributed by atoms with E-state index in [-0.39, 0.29) is 17.1 Å². The third kappa shape index (κ3) is 4.24. The Hall–Kier alpha value is -2.50. The Morgan fingerprint density at radius 3 is 2.95 bits per heavy atom. The van der Waals surface area contributed by atoms with Gasteiger partial charge in [-0.1, -0.05) is 12.1 Å². The minimum Gasteiger partial charge on any atom is -0.435 e. The number of hydrogen-bond donors (Lipinski definition) is 0. The molecule has 1 aromatic carbocycles. The monoisotopic (exact) mass is 292 g/mol. The van der Waals surface area contributed by atoms with Crippen LogP contribution in [0.25, 0.3) is 6.08 Å². The van der Waals surface area contributed by atoms with Gasteiger partial charge in [-0.05, 0) is 31.2 Å². The maximum atomic E-state index is 12.1. The van der Waals surface area contributed by atoms with Crippen molar-refractivity contribution < 1.29 is 18.3 Å². The number of carbonyl (C=O) groups excluding carboxylic acids is 1. The maximum absolute atomic E-state index is 12.1. The van der Waals surface area contributed by atoms with E-state index in [1.54, 1.807) is 29.2 Å². The van der Waals surface area contributed by atoms with Gasteiger partial charge in [0.25, 0.3) is 0 Å². The maximum Gasteiger partial charge on any atom is 0.387 e. The number of nitrogens with zero attached hydrogens (tertiary/aromatic N) is 2. The highest BCUT2D eigenvalue weighted by Gasteiger charge is 2.07. The minimum absolute atomic E-state index is 0.0388. The van der Waals surface area contributed by atoms with Gasteiger partial charge in [0.2, 0.25) is 0 Å². The number of aryl methyl sites for hydroxylation is 1. The molecule has 0 spiro atoms. The van der Waals surface area contributed by atoms with E-state index >= 15 is 0 Å². The number of aromatic nitrogens is 2. The molecule has 1 heterocycles. The van der Waals surface area contributed by atoms with Gasteiger partial charge in [-0.3, -0.25) is 9.48 Å². The van der Waals surface area contributed by atoms with Crippen LogP contribution in [0.15, 0.2) is 42.7 Å². The molecule has 0 radical (unpaired) electrons. The Morgan fingerprint density at radius 1 is 1.48 bits per heavy atom. The van der Waals surface area contributed by atoms with Crippen LogP contribution >= 0.6 is 0 Å². The fourth-order valence-corrected chi connectivity index (χ4v) is 1.73. The Bertz CT molecular complexity index is 651. The molecule has 0 atom stereocenters. The third-order valence-corrected chi connectivity index (χ3v) is 2.75. The van der Waals surface area contributed by atoms with Crippen molar-refractivity contribution in [2.75, 3.05) is 0 Å². The molecule has 0 fully saturated rings. The molecular weight excluding hydrogens is 278 g/mol. The quantitative estimate of drug-likeness (QED) is 0.605. The van der Waals surface area contributed by atoms with Crippen molar-refractivity contribution in [2.24, 2.45) is 0 Å². The van der Waals surface area contributed by atoms with Crippen LogP contribution in [0.2, 0.25) is 0 Å². The predicted molar refractivity (Wildman–Crippen MR) is 74.3 cm³/mol. The topological polar surface area (TPSA) is 44.1 Å². The second-order valence-electron chi connectivity index (χ2n) is 4.23. The van der Waals surface area contributed by atoms with Gasteiger partial charge in [0, 0.05) is 23.9 Å². The number of hydrogen-bond acceptors (Lipinski definition) is 3. The summed E-state index contributed by atoms with van der Waals surface area (Å²) in [4.78, 5) is 12.0. The van der Waals surface area contributed by atoms with Gasteiger partial charge in [0.15, 0.2) is 5.78 Å². The van der Waals surface area contributed by atoms with E-state index in [4.69, 9.17) is 0 Å². The number of halogens is 2. The lowest BCUT2D eigenvalue weighted by Gasteiger charge is -2.04. The van der Waals surface area contributed by atoms with Crippen molar-refractivity contribution in [3.05, 3.63) is 53.9 Å². The van der Waals surface area contributed by atoms with Crippen molar-refractivity contribution in [2.45, 2.75) is 20.1 Å². The van der Waals surface area contributed by atoms with Crippen molar-refractivity contribution in [3.8, 4) is 5.75 Å². The van der Waals surface area contributed by atoms with E-state index in [2.05, 4.69) is 9.84 Å². The summed E-state index contributed by atoms with van der Waals surface area (Å²) in [7, 11) is 0. The molecular formula is C15H14F2N2O2. The highest BCUT2D eigenvalue weighted by Crippen LogP contribution is 2.17. The van der Waals surface area contributed by atoms with Gasteiger partial charge in [-0.2, -0.15) is 13.9 Å². The first-order valence-electron chi connectivity index (χ1n) is 6.38. The average Bonchev–Trinajstić information content (AvgIpc) is 2.92. The number of allylic oxidation sites excluding steroid dienone is 1. The zero-order chi connectivity index (χ0) is 15.2. The molecule has 0 unspecified atom stereocenters. The standard InChI is InChI=1S/C15H14F2N2O2/c1-2-19-10-11(9-18-19)6-7-14(20)12-4-3-5-13(8-12)21-15(16)17/h3-10,15H,2H2,1H3. The first-order chi connectivity index (χ1) is 10.1. The molecule has 0 saturated carbocycles. The summed E-state index contributed by atoms with van der Waals surface area (Å²) in [6.45, 7) is -0.208. The van der Waals surface area contributed by atoms with Gasteiger partial charge < -0.3 is 4.74 Å². The average molecular weight is 292 g/mol. The molecule has 21 heavy (non-hydrogen) atoms. The van der Waals surface area contributed by atoms with E-state index in [0.717, 1.165) is 12.1 Å². The first-order valence-corrected chi connectivity index (χ1v) is 6.38. The summed E-state index contributed by atoms with van der Waals surface area (Å²) in [6.07, 6.45) is 6.45. The second kappa shape index (κ2) is 6.78. The summed E-state index contributed by atoms with van der Waals surface area (Å²) in [5, 5.41) is 4.08. The van der Waals surface area contributed by atoms with E-state index < -0.39 is 6.61 Å². The molecule has 2 rings (SSSR count). The number of benzene rings is 1. The van der Waals surface area contributed by atoms with Crippen LogP contribution in [0, 0.1) is 0 Å². The molecule has 2 aromatic rings. The largest absolute Gasteiger partial charge is 0.435 e. The number of alkyl halides is 2. The number of rotatable bonds is 6. The van der Waals surface area contributed by atoms with Crippen LogP contribution in [0.3, 0.4) is 0 Å². The molecule has 0 aliphatic heterocycles. The first kappa shape index (κ1) is 14.9. The van der Waals surface area contributed by atoms with Crippen LogP contribution in [0.5, 0.6) is 5.75 Å². The minimum atomic E-state index is -2.91. The lowest BCUT2D eigenvalue weighted by molar-refractivity contribution is -0.0498. The van der Waals surface area contributed by atoms with Crippen LogP contribution in [0.4, 0.5) is 8.78 Å². The van der Waals surface area contributed by atoms with Crippen LogP contribution < -0.4 is 4.74 Å². The highest BCUT2D eigenvalue weighted by atomic mass is 19.3. The van der Waals surface area contributed by atoms with Gasteiger partial charge in [0.1, 0.15) is 5.75 Å². The van der Waals surface area contributed by atoms with Gasteiger partial charge >= 0.3 is 6.61 Å². The van der Waals surface area contributed by atoms with Crippen LogP contribution in [0.1, 0.15) is 22.8 Å². The SMILES string of the molecule is CCn1cc(C=CC(=O)c2cccc(OC(F)F)c2)cn1. The fraction of sp³-hybridized carbons (Fsp3) is 0.200. The highest BCUT2D eigenvalue weighted by molar-refractivity contribution is 6.07. The molecule has 0 bridgehead atoms. The summed E-state index contributed by atoms with van der Waals surface area (Å²) < 4.78 is 30.3. The molecule has 0 saturated heterocycles. The molecule has 1 aromatic heterocycles. The molecule has 6 heteroatoms. The number of carbonyl (C=O) groups is 1. The number of ether oxygens (including phenoxy) is 1. The van der Waals surface area contributed by atoms with Crippen molar-refractivity contribution in [1.82, 2.24) is 9.78 Å². The van der Waals surface area contributed by atoms with Gasteiger partial charge in [-0.15, -0.1) is 0 Å². The van der Waals surface area contributed by atoms with E-state index in [1.165, 1.54) is 24.3 Å². The lowest BCUT2D eigenvalue weighted by atomic mass is 10.1. The second-order valence-corrected chi connectivity index (χ2v) is 4.23. The Kier molecular flexibility index (Phi) is 4.81. The zero-order valence-corrected chi connectivity index (χ0v) is 11.4. The number of ketones is 1. The van der Waals surface area contributed by atoms with E-state index in [9.17, 15) is 13.6 Å². The van der Waals surface area contributed by atoms with Gasteiger partial charge in [-0.25, -0.2) is 0 Å². The Labute approximate surface area is 120 Å². The van der Waals surface area contributed by atoms with Crippen LogP contribution in [-0.2, 0) is 6.54 Å². The lowest BCUT2D eigenvalue weighted by Crippen LogP contribution is -2.03. The summed E-state index contributed by atoms with van der Waals surface area (Å²) >= 11 is 0. The van der Waals surface area contributed by atoms with Crippen LogP contribution in [-0.4, -0.2) is 22.2 Å². The zero-order valence-electron chi connectivity index (χ0n) is 11.4. The Morgan fingerprint density at radius 2 is 2.29 bits per heavy atom.